The summed E-state index contributed by atoms with van der Waals surface area (Å²) in [4.78, 5) is 23.5. The lowest BCUT2D eigenvalue weighted by molar-refractivity contribution is -0.132. The fraction of sp³-hybridized carbons (Fsp3) is 0.0556. The Balaban J connectivity index is 2.31. The van der Waals surface area contributed by atoms with Gasteiger partial charge < -0.3 is 10.1 Å². The van der Waals surface area contributed by atoms with Crippen LogP contribution in [0.2, 0.25) is 0 Å². The molecule has 0 spiro atoms. The van der Waals surface area contributed by atoms with Crippen LogP contribution in [-0.2, 0) is 9.59 Å². The Labute approximate surface area is 180 Å². The molecule has 0 fully saturated rings. The number of halogens is 3. The Hall–Kier alpha value is -1.70. The van der Waals surface area contributed by atoms with Crippen molar-refractivity contribution in [2.24, 2.45) is 0 Å². The third-order valence-electron chi connectivity index (χ3n) is 3.06. The molecule has 0 saturated carbocycles. The number of anilines is 1. The average Bonchev–Trinajstić information content (AvgIpc) is 2.57. The molecule has 26 heavy (non-hydrogen) atoms. The van der Waals surface area contributed by atoms with E-state index in [-0.39, 0.29) is 5.57 Å². The zero-order valence-electron chi connectivity index (χ0n) is 13.3. The van der Waals surface area contributed by atoms with E-state index in [9.17, 15) is 14.9 Å². The minimum Gasteiger partial charge on any atom is -0.424 e. The van der Waals surface area contributed by atoms with Crippen LogP contribution < -0.4 is 10.1 Å². The van der Waals surface area contributed by atoms with Gasteiger partial charge in [-0.1, -0.05) is 12.1 Å². The molecule has 0 aromatic heterocycles. The minimum absolute atomic E-state index is 0.0521. The second kappa shape index (κ2) is 9.30. The van der Waals surface area contributed by atoms with Crippen molar-refractivity contribution in [2.75, 3.05) is 5.32 Å². The molecule has 2 aromatic carbocycles. The maximum absolute atomic E-state index is 12.4. The summed E-state index contributed by atoms with van der Waals surface area (Å²) in [6.07, 6.45) is 1.46. The number of para-hydroxylation sites is 1. The van der Waals surface area contributed by atoms with Crippen LogP contribution in [-0.4, -0.2) is 11.9 Å². The lowest BCUT2D eigenvalue weighted by Gasteiger charge is -2.09. The van der Waals surface area contributed by atoms with Crippen molar-refractivity contribution in [3.05, 3.63) is 60.1 Å². The quantitative estimate of drug-likeness (QED) is 0.173. The number of ether oxygens (including phenoxy) is 1. The monoisotopic (exact) mass is 588 g/mol. The van der Waals surface area contributed by atoms with Crippen LogP contribution in [0, 0.1) is 14.9 Å². The summed E-state index contributed by atoms with van der Waals surface area (Å²) >= 11 is 8.74. The fourth-order valence-electron chi connectivity index (χ4n) is 1.97. The van der Waals surface area contributed by atoms with Gasteiger partial charge in [-0.2, -0.15) is 5.26 Å². The van der Waals surface area contributed by atoms with Gasteiger partial charge in [-0.3, -0.25) is 9.59 Å². The number of nitrogens with zero attached hydrogens (tertiary/aromatic N) is 1. The molecular weight excluding hydrogens is 579 g/mol. The number of hydrogen-bond donors (Lipinski definition) is 1. The first kappa shape index (κ1) is 20.6. The smallest absolute Gasteiger partial charge is 0.308 e. The van der Waals surface area contributed by atoms with Crippen LogP contribution in [0.4, 0.5) is 5.69 Å². The molecule has 0 aliphatic heterocycles. The van der Waals surface area contributed by atoms with Gasteiger partial charge in [-0.15, -0.1) is 0 Å². The minimum atomic E-state index is -0.507. The number of carbonyl (C=O) groups excluding carboxylic acids is 2. The molecule has 0 unspecified atom stereocenters. The molecule has 1 N–H and O–H groups in total. The number of nitriles is 1. The first-order chi connectivity index (χ1) is 12.3. The summed E-state index contributed by atoms with van der Waals surface area (Å²) in [5, 5.41) is 12.1. The van der Waals surface area contributed by atoms with Gasteiger partial charge in [0.05, 0.1) is 14.6 Å². The second-order valence-electron chi connectivity index (χ2n) is 5.01. The number of amides is 1. The zero-order chi connectivity index (χ0) is 19.3. The van der Waals surface area contributed by atoms with Crippen LogP contribution in [0.5, 0.6) is 5.75 Å². The predicted octanol–water partition coefficient (Wildman–Crippen LogP) is 5.29. The van der Waals surface area contributed by atoms with Gasteiger partial charge in [0.1, 0.15) is 11.6 Å². The summed E-state index contributed by atoms with van der Waals surface area (Å²) in [6, 6.07) is 12.5. The third-order valence-corrected chi connectivity index (χ3v) is 5.18. The largest absolute Gasteiger partial charge is 0.424 e. The van der Waals surface area contributed by atoms with Crippen LogP contribution in [0.1, 0.15) is 12.5 Å². The van der Waals surface area contributed by atoms with Crippen molar-refractivity contribution < 1.29 is 14.3 Å². The molecule has 0 radical (unpaired) electrons. The topological polar surface area (TPSA) is 79.2 Å². The Morgan fingerprint density at radius 2 is 1.85 bits per heavy atom. The van der Waals surface area contributed by atoms with Gasteiger partial charge in [0.15, 0.2) is 5.75 Å². The maximum Gasteiger partial charge on any atom is 0.308 e. The lowest BCUT2D eigenvalue weighted by Crippen LogP contribution is -2.14. The molecule has 0 bridgehead atoms. The summed E-state index contributed by atoms with van der Waals surface area (Å²) < 4.78 is 7.01. The highest BCUT2D eigenvalue weighted by atomic mass is 127. The van der Waals surface area contributed by atoms with Crippen molar-refractivity contribution in [3.63, 3.8) is 0 Å². The van der Waals surface area contributed by atoms with E-state index < -0.39 is 11.9 Å². The summed E-state index contributed by atoms with van der Waals surface area (Å²) in [5.74, 6) is -0.631. The fourth-order valence-corrected chi connectivity index (χ4v) is 3.88. The number of esters is 1. The Morgan fingerprint density at radius 1 is 1.23 bits per heavy atom. The molecular formula is C18H11Br2IN2O3. The average molecular weight is 590 g/mol. The van der Waals surface area contributed by atoms with Crippen molar-refractivity contribution in [1.29, 1.82) is 5.26 Å². The second-order valence-corrected chi connectivity index (χ2v) is 7.88. The Kier molecular flexibility index (Phi) is 7.37. The first-order valence-corrected chi connectivity index (χ1v) is 9.83. The molecule has 5 nitrogen and oxygen atoms in total. The van der Waals surface area contributed by atoms with Crippen LogP contribution >= 0.6 is 54.5 Å². The molecule has 2 aromatic rings. The SMILES string of the molecule is CC(=O)Oc1c(Br)cc(/C=C(/C#N)C(=O)Nc2ccccc2I)cc1Br. The van der Waals surface area contributed by atoms with Gasteiger partial charge in [0.25, 0.3) is 5.91 Å². The highest BCUT2D eigenvalue weighted by molar-refractivity contribution is 14.1. The van der Waals surface area contributed by atoms with E-state index in [0.717, 1.165) is 3.57 Å². The van der Waals surface area contributed by atoms with E-state index in [1.807, 2.05) is 18.2 Å². The van der Waals surface area contributed by atoms with Crippen LogP contribution in [0.3, 0.4) is 0 Å². The predicted molar refractivity (Wildman–Crippen MR) is 115 cm³/mol. The number of hydrogen-bond acceptors (Lipinski definition) is 4. The van der Waals surface area contributed by atoms with Crippen LogP contribution in [0.25, 0.3) is 6.08 Å². The van der Waals surface area contributed by atoms with Gasteiger partial charge in [0, 0.05) is 10.5 Å². The van der Waals surface area contributed by atoms with Crippen molar-refractivity contribution in [2.45, 2.75) is 6.92 Å². The summed E-state index contributed by atoms with van der Waals surface area (Å²) in [7, 11) is 0. The standard InChI is InChI=1S/C18H11Br2IN2O3/c1-10(24)26-17-13(19)7-11(8-14(17)20)6-12(9-22)18(25)23-16-5-3-2-4-15(16)21/h2-8H,1H3,(H,23,25)/b12-6-. The van der Waals surface area contributed by atoms with E-state index in [0.29, 0.717) is 25.9 Å². The van der Waals surface area contributed by atoms with E-state index in [1.54, 1.807) is 24.3 Å². The molecule has 0 aliphatic carbocycles. The normalized spacial score (nSPS) is 10.8. The Bertz CT molecular complexity index is 929. The van der Waals surface area contributed by atoms with Gasteiger partial charge in [0.2, 0.25) is 0 Å². The number of nitrogens with one attached hydrogen (secondary N) is 1. The summed E-state index contributed by atoms with van der Waals surface area (Å²) in [5.41, 5.74) is 1.17. The van der Waals surface area contributed by atoms with Crippen molar-refractivity contribution in [1.82, 2.24) is 0 Å². The Morgan fingerprint density at radius 3 is 2.38 bits per heavy atom. The molecule has 0 atom stereocenters. The zero-order valence-corrected chi connectivity index (χ0v) is 18.7. The molecule has 0 saturated heterocycles. The first-order valence-electron chi connectivity index (χ1n) is 7.17. The highest BCUT2D eigenvalue weighted by Gasteiger charge is 2.14. The van der Waals surface area contributed by atoms with E-state index >= 15 is 0 Å². The lowest BCUT2D eigenvalue weighted by atomic mass is 10.1. The van der Waals surface area contributed by atoms with Gasteiger partial charge in [-0.05, 0) is 90.4 Å². The molecule has 1 amide bonds. The van der Waals surface area contributed by atoms with E-state index in [4.69, 9.17) is 4.74 Å². The molecule has 8 heteroatoms. The van der Waals surface area contributed by atoms with E-state index in [2.05, 4.69) is 59.8 Å². The van der Waals surface area contributed by atoms with Crippen molar-refractivity contribution >= 4 is 78.1 Å². The number of carbonyl (C=O) groups is 2. The van der Waals surface area contributed by atoms with Crippen molar-refractivity contribution in [3.8, 4) is 11.8 Å². The highest BCUT2D eigenvalue weighted by Crippen LogP contribution is 2.35. The number of rotatable bonds is 4. The summed E-state index contributed by atoms with van der Waals surface area (Å²) in [6.45, 7) is 1.30. The van der Waals surface area contributed by atoms with Gasteiger partial charge in [-0.25, -0.2) is 0 Å². The molecule has 132 valence electrons. The molecule has 2 rings (SSSR count). The maximum atomic E-state index is 12.4. The molecule has 0 heterocycles. The van der Waals surface area contributed by atoms with Crippen LogP contribution in [0.15, 0.2) is 50.9 Å². The van der Waals surface area contributed by atoms with Gasteiger partial charge >= 0.3 is 5.97 Å². The van der Waals surface area contributed by atoms with E-state index in [1.165, 1.54) is 13.0 Å². The molecule has 0 aliphatic rings. The third kappa shape index (κ3) is 5.40. The number of benzene rings is 2.